The van der Waals surface area contributed by atoms with Gasteiger partial charge in [0.25, 0.3) is 8.86 Å². The molecule has 0 saturated carbocycles. The van der Waals surface area contributed by atoms with Crippen LogP contribution in [-0.4, -0.2) is 17.5 Å². The predicted molar refractivity (Wildman–Crippen MR) is 25.6 cm³/mol. The summed E-state index contributed by atoms with van der Waals surface area (Å²) in [6.07, 6.45) is 1.60. The van der Waals surface area contributed by atoms with Gasteiger partial charge in [0.2, 0.25) is 0 Å². The summed E-state index contributed by atoms with van der Waals surface area (Å²) in [6, 6.07) is 0. The fraction of sp³-hybridized carbons (Fsp3) is 0. The van der Waals surface area contributed by atoms with Crippen molar-refractivity contribution in [3.63, 3.8) is 0 Å². The molecular weight excluding hydrogens is 112 g/mol. The molecule has 1 aliphatic heterocycles. The van der Waals surface area contributed by atoms with Gasteiger partial charge in [0.15, 0.2) is 0 Å². The van der Waals surface area contributed by atoms with Crippen molar-refractivity contribution >= 4 is 17.5 Å². The van der Waals surface area contributed by atoms with Crippen molar-refractivity contribution in [2.45, 2.75) is 0 Å². The molecule has 0 atom stereocenters. The molecule has 32 valence electrons. The molecule has 0 fully saturated rings. The molecule has 1 rings (SSSR count). The summed E-state index contributed by atoms with van der Waals surface area (Å²) in [5, 5.41) is 0. The Hall–Kier alpha value is -0.226. The Morgan fingerprint density at radius 2 is 2.50 bits per heavy atom. The van der Waals surface area contributed by atoms with Crippen molar-refractivity contribution in [2.75, 3.05) is 0 Å². The molecule has 2 nitrogen and oxygen atoms in total. The smallest absolute Gasteiger partial charge is 0.260 e. The third-order valence-corrected chi connectivity index (χ3v) is 2.67. The molecule has 0 aliphatic carbocycles. The molecule has 0 unspecified atom stereocenters. The molecule has 6 heavy (non-hydrogen) atoms. The van der Waals surface area contributed by atoms with Crippen LogP contribution in [0.3, 0.4) is 0 Å². The van der Waals surface area contributed by atoms with Gasteiger partial charge in [0.1, 0.15) is 6.26 Å². The molecule has 1 heterocycles. The summed E-state index contributed by atoms with van der Waals surface area (Å²) in [6.45, 7) is 0. The van der Waals surface area contributed by atoms with Crippen molar-refractivity contribution < 1.29 is 9.46 Å². The zero-order valence-electron chi connectivity index (χ0n) is 3.13. The summed E-state index contributed by atoms with van der Waals surface area (Å²) < 4.78 is 4.60. The van der Waals surface area contributed by atoms with E-state index in [1.54, 1.807) is 6.26 Å². The second-order valence-electron chi connectivity index (χ2n) is 0.850. The van der Waals surface area contributed by atoms with E-state index < -0.39 is 0 Å². The van der Waals surface area contributed by atoms with Gasteiger partial charge >= 0.3 is 0 Å². The Morgan fingerprint density at radius 3 is 2.67 bits per heavy atom. The van der Waals surface area contributed by atoms with E-state index in [0.717, 1.165) is 0 Å². The number of hydrogen-bond donors (Lipinski definition) is 0. The Balaban J connectivity index is 2.46. The van der Waals surface area contributed by atoms with Crippen molar-refractivity contribution in [3.8, 4) is 0 Å². The van der Waals surface area contributed by atoms with Gasteiger partial charge in [-0.15, -0.1) is 0 Å². The molecule has 1 aliphatic rings. The van der Waals surface area contributed by atoms with E-state index >= 15 is 0 Å². The van der Waals surface area contributed by atoms with Gasteiger partial charge < -0.3 is 9.46 Å². The molecule has 0 spiro atoms. The largest absolute Gasteiger partial charge is 0.378 e. The Labute approximate surface area is 39.8 Å². The minimum absolute atomic E-state index is 0.179. The van der Waals surface area contributed by atoms with Crippen LogP contribution in [0.4, 0.5) is 0 Å². The van der Waals surface area contributed by atoms with Crippen LogP contribution in [0.25, 0.3) is 0 Å². The zero-order chi connectivity index (χ0) is 4.24. The second kappa shape index (κ2) is 2.04. The highest BCUT2D eigenvalue weighted by molar-refractivity contribution is 6.72. The first-order valence-corrected chi connectivity index (χ1v) is 5.44. The molecule has 4 heteroatoms. The molecule has 0 bridgehead atoms. The van der Waals surface area contributed by atoms with Gasteiger partial charge in [-0.1, -0.05) is 0 Å². The first-order valence-electron chi connectivity index (χ1n) is 1.64. The SMILES string of the molecule is C1=C[SiH]=[SiH]OO1. The van der Waals surface area contributed by atoms with Crippen molar-refractivity contribution in [2.24, 2.45) is 0 Å². The van der Waals surface area contributed by atoms with Crippen LogP contribution in [0.2, 0.25) is 0 Å². The summed E-state index contributed by atoms with van der Waals surface area (Å²) in [5.74, 6) is 0. The first kappa shape index (κ1) is 3.95. The van der Waals surface area contributed by atoms with Crippen molar-refractivity contribution in [1.29, 1.82) is 0 Å². The molecule has 0 aromatic heterocycles. The molecule has 0 N–H and O–H groups in total. The molecular formula is C2H4O2Si2. The van der Waals surface area contributed by atoms with Gasteiger partial charge in [-0.25, -0.2) is 0 Å². The lowest BCUT2D eigenvalue weighted by Crippen LogP contribution is -1.95. The first-order chi connectivity index (χ1) is 3.00. The minimum Gasteiger partial charge on any atom is -0.378 e. The predicted octanol–water partition coefficient (Wildman–Crippen LogP) is -0.878. The topological polar surface area (TPSA) is 18.5 Å². The Morgan fingerprint density at radius 1 is 1.50 bits per heavy atom. The lowest BCUT2D eigenvalue weighted by Gasteiger charge is -1.96. The van der Waals surface area contributed by atoms with Crippen LogP contribution in [-0.2, 0) is 9.46 Å². The van der Waals surface area contributed by atoms with Crippen LogP contribution in [0, 0.1) is 0 Å². The molecule has 0 radical (unpaired) electrons. The van der Waals surface area contributed by atoms with Gasteiger partial charge in [-0.05, 0) is 5.70 Å². The maximum Gasteiger partial charge on any atom is 0.260 e. The normalized spacial score (nSPS) is 16.0. The highest BCUT2D eigenvalue weighted by Gasteiger charge is 1.77. The highest BCUT2D eigenvalue weighted by Crippen LogP contribution is 1.76. The average Bonchev–Trinajstić information content (AvgIpc) is 1.72. The monoisotopic (exact) mass is 116 g/mol. The maximum atomic E-state index is 4.60. The summed E-state index contributed by atoms with van der Waals surface area (Å²) in [7, 11) is 0.640. The standard InChI is InChI=1S/C2H4O2Si2/c1-2-5-6-4-3-1/h1-2,5-6H. The summed E-state index contributed by atoms with van der Waals surface area (Å²) in [4.78, 5) is 4.45. The van der Waals surface area contributed by atoms with E-state index in [2.05, 4.69) is 9.46 Å². The fourth-order valence-corrected chi connectivity index (χ4v) is 1.59. The molecule has 0 saturated heterocycles. The minimum atomic E-state index is 0.179. The van der Waals surface area contributed by atoms with Crippen LogP contribution in [0.15, 0.2) is 12.0 Å². The van der Waals surface area contributed by atoms with Crippen LogP contribution in [0.5, 0.6) is 0 Å². The van der Waals surface area contributed by atoms with Gasteiger partial charge in [-0.2, -0.15) is 0 Å². The average molecular weight is 116 g/mol. The van der Waals surface area contributed by atoms with Crippen LogP contribution in [0.1, 0.15) is 0 Å². The molecule has 0 amide bonds. The summed E-state index contributed by atoms with van der Waals surface area (Å²) in [5.41, 5.74) is 2.04. The Bertz CT molecular complexity index is 75.5. The lowest BCUT2D eigenvalue weighted by atomic mass is 11.2. The highest BCUT2D eigenvalue weighted by atomic mass is 28.9. The maximum absolute atomic E-state index is 4.60. The van der Waals surface area contributed by atoms with Crippen LogP contribution < -0.4 is 0 Å². The van der Waals surface area contributed by atoms with Crippen molar-refractivity contribution in [3.05, 3.63) is 12.0 Å². The number of rotatable bonds is 0. The van der Waals surface area contributed by atoms with E-state index in [4.69, 9.17) is 0 Å². The summed E-state index contributed by atoms with van der Waals surface area (Å²) >= 11 is 0. The van der Waals surface area contributed by atoms with E-state index in [1.807, 2.05) is 5.70 Å². The van der Waals surface area contributed by atoms with Crippen LogP contribution >= 0.6 is 0 Å². The third-order valence-electron chi connectivity index (χ3n) is 0.435. The van der Waals surface area contributed by atoms with E-state index in [1.165, 1.54) is 0 Å². The van der Waals surface area contributed by atoms with Gasteiger partial charge in [0, 0.05) is 0 Å². The van der Waals surface area contributed by atoms with E-state index in [9.17, 15) is 0 Å². The van der Waals surface area contributed by atoms with Crippen molar-refractivity contribution in [1.82, 2.24) is 0 Å². The van der Waals surface area contributed by atoms with Gasteiger partial charge in [-0.3, -0.25) is 0 Å². The Kier molecular flexibility index (Phi) is 1.34. The third kappa shape index (κ3) is 0.871. The van der Waals surface area contributed by atoms with E-state index in [-0.39, 0.29) is 8.86 Å². The molecule has 0 aromatic carbocycles. The van der Waals surface area contributed by atoms with Gasteiger partial charge in [0.05, 0.1) is 8.61 Å². The quantitative estimate of drug-likeness (QED) is 0.302. The zero-order valence-corrected chi connectivity index (χ0v) is 5.44. The fourth-order valence-electron chi connectivity index (χ4n) is 0.219. The number of hydrogen-bond acceptors (Lipinski definition) is 2. The lowest BCUT2D eigenvalue weighted by molar-refractivity contribution is -0.146. The molecule has 0 aromatic rings. The van der Waals surface area contributed by atoms with E-state index in [0.29, 0.717) is 8.61 Å². The second-order valence-corrected chi connectivity index (χ2v) is 4.06.